The molecule has 0 aliphatic carbocycles. The number of carbonyl (C=O) groups excluding carboxylic acids is 1. The number of amides is 1. The number of morpholine rings is 1. The first-order chi connectivity index (χ1) is 11.1. The maximum Gasteiger partial charge on any atom is 0.289 e. The number of nitrogens with two attached hydrogens (primary N) is 1. The van der Waals surface area contributed by atoms with Crippen molar-refractivity contribution in [2.75, 3.05) is 36.9 Å². The zero-order valence-electron chi connectivity index (χ0n) is 13.9. The third-order valence-corrected chi connectivity index (χ3v) is 3.76. The Morgan fingerprint density at radius 1 is 1.30 bits per heavy atom. The summed E-state index contributed by atoms with van der Waals surface area (Å²) in [6.07, 6.45) is 4.36. The lowest BCUT2D eigenvalue weighted by Crippen LogP contribution is -2.39. The van der Waals surface area contributed by atoms with Crippen LogP contribution < -0.4 is 16.0 Å². The molecule has 1 fully saturated rings. The number of nitrogen functional groups attached to an aromatic ring is 1. The minimum atomic E-state index is -0.308. The zero-order chi connectivity index (χ0) is 16.7. The van der Waals surface area contributed by atoms with Gasteiger partial charge in [0.15, 0.2) is 0 Å². The SMILES string of the molecule is CCCCC[C@H](C)NC(=O)c1nc(N)nc(N2CCOCC2)n1. The van der Waals surface area contributed by atoms with E-state index in [1.807, 2.05) is 11.8 Å². The number of hydrogen-bond donors (Lipinski definition) is 2. The number of nitrogens with zero attached hydrogens (tertiary/aromatic N) is 4. The van der Waals surface area contributed by atoms with Crippen molar-refractivity contribution in [2.45, 2.75) is 45.6 Å². The summed E-state index contributed by atoms with van der Waals surface area (Å²) in [5.74, 6) is 0.258. The molecule has 0 unspecified atom stereocenters. The normalized spacial score (nSPS) is 16.2. The Morgan fingerprint density at radius 2 is 2.04 bits per heavy atom. The molecule has 0 aromatic carbocycles. The van der Waals surface area contributed by atoms with Gasteiger partial charge in [0.05, 0.1) is 13.2 Å². The summed E-state index contributed by atoms with van der Waals surface area (Å²) in [5, 5.41) is 2.92. The Kier molecular flexibility index (Phi) is 6.52. The van der Waals surface area contributed by atoms with Crippen LogP contribution in [0.5, 0.6) is 0 Å². The second kappa shape index (κ2) is 8.61. The summed E-state index contributed by atoms with van der Waals surface area (Å²) >= 11 is 0. The molecule has 8 heteroatoms. The van der Waals surface area contributed by atoms with Crippen LogP contribution >= 0.6 is 0 Å². The van der Waals surface area contributed by atoms with Crippen molar-refractivity contribution in [2.24, 2.45) is 0 Å². The van der Waals surface area contributed by atoms with Crippen molar-refractivity contribution in [3.63, 3.8) is 0 Å². The van der Waals surface area contributed by atoms with E-state index in [-0.39, 0.29) is 23.7 Å². The Balaban J connectivity index is 2.00. The molecule has 0 saturated carbocycles. The molecule has 8 nitrogen and oxygen atoms in total. The van der Waals surface area contributed by atoms with Gasteiger partial charge in [-0.3, -0.25) is 4.79 Å². The molecule has 0 radical (unpaired) electrons. The maximum atomic E-state index is 12.3. The van der Waals surface area contributed by atoms with Gasteiger partial charge in [0, 0.05) is 19.1 Å². The number of carbonyl (C=O) groups is 1. The van der Waals surface area contributed by atoms with Gasteiger partial charge in [-0.05, 0) is 13.3 Å². The summed E-state index contributed by atoms with van der Waals surface area (Å²) in [4.78, 5) is 26.6. The molecule has 1 aromatic rings. The van der Waals surface area contributed by atoms with Crippen LogP contribution in [0.15, 0.2) is 0 Å². The fourth-order valence-electron chi connectivity index (χ4n) is 2.45. The van der Waals surface area contributed by atoms with Crippen LogP contribution in [0.1, 0.15) is 50.1 Å². The first-order valence-corrected chi connectivity index (χ1v) is 8.25. The van der Waals surface area contributed by atoms with Crippen LogP contribution in [-0.2, 0) is 4.74 Å². The molecule has 2 heterocycles. The van der Waals surface area contributed by atoms with Crippen LogP contribution in [-0.4, -0.2) is 53.2 Å². The van der Waals surface area contributed by atoms with Crippen LogP contribution in [0.4, 0.5) is 11.9 Å². The van der Waals surface area contributed by atoms with E-state index in [2.05, 4.69) is 27.2 Å². The van der Waals surface area contributed by atoms with Gasteiger partial charge in [0.25, 0.3) is 5.91 Å². The summed E-state index contributed by atoms with van der Waals surface area (Å²) in [5.41, 5.74) is 5.73. The van der Waals surface area contributed by atoms with E-state index >= 15 is 0 Å². The van der Waals surface area contributed by atoms with Crippen LogP contribution in [0.2, 0.25) is 0 Å². The summed E-state index contributed by atoms with van der Waals surface area (Å²) in [6, 6.07) is 0.0823. The first kappa shape index (κ1) is 17.4. The number of unbranched alkanes of at least 4 members (excludes halogenated alkanes) is 2. The molecule has 23 heavy (non-hydrogen) atoms. The lowest BCUT2D eigenvalue weighted by atomic mass is 10.1. The molecular formula is C15H26N6O2. The Bertz CT molecular complexity index is 519. The number of nitrogens with one attached hydrogen (secondary N) is 1. The summed E-state index contributed by atoms with van der Waals surface area (Å²) in [7, 11) is 0. The average molecular weight is 322 g/mol. The molecule has 1 aliphatic rings. The lowest BCUT2D eigenvalue weighted by Gasteiger charge is -2.26. The molecule has 1 aliphatic heterocycles. The molecule has 1 saturated heterocycles. The third kappa shape index (κ3) is 5.31. The van der Waals surface area contributed by atoms with Crippen LogP contribution in [0.3, 0.4) is 0 Å². The van der Waals surface area contributed by atoms with Gasteiger partial charge in [-0.25, -0.2) is 0 Å². The second-order valence-electron chi connectivity index (χ2n) is 5.79. The van der Waals surface area contributed by atoms with Gasteiger partial charge in [-0.2, -0.15) is 15.0 Å². The van der Waals surface area contributed by atoms with E-state index < -0.39 is 0 Å². The largest absolute Gasteiger partial charge is 0.378 e. The monoisotopic (exact) mass is 322 g/mol. The lowest BCUT2D eigenvalue weighted by molar-refractivity contribution is 0.0927. The van der Waals surface area contributed by atoms with Gasteiger partial charge in [-0.1, -0.05) is 26.2 Å². The fraction of sp³-hybridized carbons (Fsp3) is 0.733. The van der Waals surface area contributed by atoms with Crippen LogP contribution in [0.25, 0.3) is 0 Å². The standard InChI is InChI=1S/C15H26N6O2/c1-3-4-5-6-11(2)17-13(22)12-18-14(16)20-15(19-12)21-7-9-23-10-8-21/h11H,3-10H2,1-2H3,(H,17,22)(H2,16,18,19,20)/t11-/m0/s1. The minimum Gasteiger partial charge on any atom is -0.378 e. The van der Waals surface area contributed by atoms with Crippen molar-refractivity contribution >= 4 is 17.8 Å². The molecular weight excluding hydrogens is 296 g/mol. The predicted molar refractivity (Wildman–Crippen MR) is 88.3 cm³/mol. The Hall–Kier alpha value is -1.96. The Morgan fingerprint density at radius 3 is 2.74 bits per heavy atom. The van der Waals surface area contributed by atoms with Gasteiger partial charge < -0.3 is 20.7 Å². The molecule has 1 aromatic heterocycles. The molecule has 0 bridgehead atoms. The second-order valence-corrected chi connectivity index (χ2v) is 5.79. The van der Waals surface area contributed by atoms with Gasteiger partial charge in [-0.15, -0.1) is 0 Å². The van der Waals surface area contributed by atoms with E-state index in [0.29, 0.717) is 32.3 Å². The highest BCUT2D eigenvalue weighted by atomic mass is 16.5. The van der Waals surface area contributed by atoms with Crippen molar-refractivity contribution < 1.29 is 9.53 Å². The number of hydrogen-bond acceptors (Lipinski definition) is 7. The molecule has 1 atom stereocenters. The van der Waals surface area contributed by atoms with E-state index in [0.717, 1.165) is 19.3 Å². The third-order valence-electron chi connectivity index (χ3n) is 3.76. The van der Waals surface area contributed by atoms with Crippen molar-refractivity contribution in [3.05, 3.63) is 5.82 Å². The van der Waals surface area contributed by atoms with Crippen molar-refractivity contribution in [1.82, 2.24) is 20.3 Å². The summed E-state index contributed by atoms with van der Waals surface area (Å²) in [6.45, 7) is 6.73. The van der Waals surface area contributed by atoms with E-state index in [1.165, 1.54) is 6.42 Å². The van der Waals surface area contributed by atoms with Crippen molar-refractivity contribution in [3.8, 4) is 0 Å². The minimum absolute atomic E-state index is 0.0604. The van der Waals surface area contributed by atoms with Crippen molar-refractivity contribution in [1.29, 1.82) is 0 Å². The summed E-state index contributed by atoms with van der Waals surface area (Å²) < 4.78 is 5.31. The van der Waals surface area contributed by atoms with Gasteiger partial charge in [0.1, 0.15) is 0 Å². The first-order valence-electron chi connectivity index (χ1n) is 8.25. The number of ether oxygens (including phenoxy) is 1. The quantitative estimate of drug-likeness (QED) is 0.721. The average Bonchev–Trinajstić information content (AvgIpc) is 2.55. The highest BCUT2D eigenvalue weighted by Gasteiger charge is 2.19. The van der Waals surface area contributed by atoms with Gasteiger partial charge >= 0.3 is 0 Å². The topological polar surface area (TPSA) is 106 Å². The number of rotatable bonds is 7. The Labute approximate surface area is 136 Å². The van der Waals surface area contributed by atoms with E-state index in [4.69, 9.17) is 10.5 Å². The molecule has 1 amide bonds. The van der Waals surface area contributed by atoms with Crippen LogP contribution in [0, 0.1) is 0 Å². The number of aromatic nitrogens is 3. The molecule has 2 rings (SSSR count). The highest BCUT2D eigenvalue weighted by molar-refractivity contribution is 5.91. The maximum absolute atomic E-state index is 12.3. The molecule has 3 N–H and O–H groups in total. The fourth-order valence-corrected chi connectivity index (χ4v) is 2.45. The molecule has 0 spiro atoms. The highest BCUT2D eigenvalue weighted by Crippen LogP contribution is 2.11. The van der Waals surface area contributed by atoms with E-state index in [9.17, 15) is 4.79 Å². The predicted octanol–water partition coefficient (Wildman–Crippen LogP) is 0.989. The van der Waals surface area contributed by atoms with Gasteiger partial charge in [0.2, 0.25) is 17.7 Å². The molecule has 128 valence electrons. The number of anilines is 2. The smallest absolute Gasteiger partial charge is 0.289 e. The zero-order valence-corrected chi connectivity index (χ0v) is 13.9. The van der Waals surface area contributed by atoms with E-state index in [1.54, 1.807) is 0 Å².